The molecule has 0 aliphatic carbocycles. The number of anilines is 2. The van der Waals surface area contributed by atoms with Gasteiger partial charge in [0.15, 0.2) is 17.3 Å². The van der Waals surface area contributed by atoms with E-state index in [1.807, 2.05) is 11.9 Å². The fourth-order valence-corrected chi connectivity index (χ4v) is 2.95. The Balaban J connectivity index is 1.53. The van der Waals surface area contributed by atoms with E-state index in [0.29, 0.717) is 12.4 Å². The van der Waals surface area contributed by atoms with Crippen LogP contribution in [-0.4, -0.2) is 43.9 Å². The molecular formula is C15H16FN7. The summed E-state index contributed by atoms with van der Waals surface area (Å²) in [7, 11) is 1.85. The van der Waals surface area contributed by atoms with Gasteiger partial charge in [0.25, 0.3) is 0 Å². The van der Waals surface area contributed by atoms with Crippen molar-refractivity contribution in [2.75, 3.05) is 23.3 Å². The van der Waals surface area contributed by atoms with E-state index in [1.54, 1.807) is 23.1 Å². The number of hydrogen-bond donors (Lipinski definition) is 1. The smallest absolute Gasteiger partial charge is 0.165 e. The van der Waals surface area contributed by atoms with Crippen molar-refractivity contribution in [1.29, 1.82) is 0 Å². The molecule has 0 bridgehead atoms. The maximum Gasteiger partial charge on any atom is 0.165 e. The fourth-order valence-electron chi connectivity index (χ4n) is 2.95. The second kappa shape index (κ2) is 5.45. The van der Waals surface area contributed by atoms with E-state index in [9.17, 15) is 4.39 Å². The normalized spacial score (nSPS) is 17.8. The van der Waals surface area contributed by atoms with E-state index >= 15 is 0 Å². The zero-order valence-corrected chi connectivity index (χ0v) is 12.6. The Kier molecular flexibility index (Phi) is 3.29. The number of aryl methyl sites for hydroxylation is 1. The predicted octanol–water partition coefficient (Wildman–Crippen LogP) is 1.59. The second-order valence-electron chi connectivity index (χ2n) is 5.61. The number of fused-ring (bicyclic) bond motifs is 1. The van der Waals surface area contributed by atoms with Gasteiger partial charge in [-0.3, -0.25) is 4.68 Å². The Labute approximate surface area is 132 Å². The molecule has 1 atom stereocenters. The van der Waals surface area contributed by atoms with Crippen molar-refractivity contribution < 1.29 is 4.39 Å². The van der Waals surface area contributed by atoms with Crippen molar-refractivity contribution in [1.82, 2.24) is 24.7 Å². The van der Waals surface area contributed by atoms with Gasteiger partial charge < -0.3 is 10.2 Å². The third-order valence-corrected chi connectivity index (χ3v) is 4.10. The molecule has 0 saturated carbocycles. The summed E-state index contributed by atoms with van der Waals surface area (Å²) in [5.41, 5.74) is 0.785. The number of rotatable bonds is 3. The van der Waals surface area contributed by atoms with Crippen LogP contribution in [0.5, 0.6) is 0 Å². The molecule has 1 N–H and O–H groups in total. The molecule has 1 fully saturated rings. The fraction of sp³-hybridized carbons (Fsp3) is 0.333. The summed E-state index contributed by atoms with van der Waals surface area (Å²) in [6, 6.07) is 3.21. The zero-order chi connectivity index (χ0) is 15.8. The minimum Gasteiger partial charge on any atom is -0.365 e. The molecule has 23 heavy (non-hydrogen) atoms. The summed E-state index contributed by atoms with van der Waals surface area (Å²) in [4.78, 5) is 14.6. The summed E-state index contributed by atoms with van der Waals surface area (Å²) in [5.74, 6) is 0.882. The summed E-state index contributed by atoms with van der Waals surface area (Å²) >= 11 is 0. The molecule has 0 amide bonds. The SMILES string of the molecule is Cn1ncc2c(NC3CCN(c4ncccc4F)C3)ncnc21. The highest BCUT2D eigenvalue weighted by Crippen LogP contribution is 2.24. The Morgan fingerprint density at radius 3 is 3.09 bits per heavy atom. The monoisotopic (exact) mass is 313 g/mol. The maximum absolute atomic E-state index is 13.9. The molecule has 0 spiro atoms. The van der Waals surface area contributed by atoms with Gasteiger partial charge in [0.1, 0.15) is 12.1 Å². The Hall–Kier alpha value is -2.77. The molecule has 4 rings (SSSR count). The van der Waals surface area contributed by atoms with Crippen molar-refractivity contribution in [3.8, 4) is 0 Å². The van der Waals surface area contributed by atoms with Crippen LogP contribution in [0.2, 0.25) is 0 Å². The third kappa shape index (κ3) is 2.45. The van der Waals surface area contributed by atoms with Crippen LogP contribution in [0.15, 0.2) is 30.9 Å². The van der Waals surface area contributed by atoms with Crippen LogP contribution in [-0.2, 0) is 7.05 Å². The lowest BCUT2D eigenvalue weighted by Crippen LogP contribution is -2.27. The van der Waals surface area contributed by atoms with Gasteiger partial charge in [-0.05, 0) is 18.6 Å². The van der Waals surface area contributed by atoms with Crippen LogP contribution in [0.25, 0.3) is 11.0 Å². The molecule has 118 valence electrons. The average molecular weight is 313 g/mol. The van der Waals surface area contributed by atoms with Gasteiger partial charge in [-0.25, -0.2) is 19.3 Å². The molecule has 1 unspecified atom stereocenters. The van der Waals surface area contributed by atoms with E-state index < -0.39 is 0 Å². The van der Waals surface area contributed by atoms with E-state index in [0.717, 1.165) is 29.8 Å². The van der Waals surface area contributed by atoms with Crippen LogP contribution in [0.3, 0.4) is 0 Å². The number of hydrogen-bond acceptors (Lipinski definition) is 6. The van der Waals surface area contributed by atoms with Gasteiger partial charge in [-0.15, -0.1) is 0 Å². The van der Waals surface area contributed by atoms with Gasteiger partial charge in [-0.2, -0.15) is 5.10 Å². The summed E-state index contributed by atoms with van der Waals surface area (Å²) in [6.45, 7) is 1.44. The molecule has 3 aromatic rings. The quantitative estimate of drug-likeness (QED) is 0.792. The van der Waals surface area contributed by atoms with Gasteiger partial charge in [-0.1, -0.05) is 0 Å². The van der Waals surface area contributed by atoms with Crippen LogP contribution in [0.1, 0.15) is 6.42 Å². The number of nitrogens with one attached hydrogen (secondary N) is 1. The lowest BCUT2D eigenvalue weighted by Gasteiger charge is -2.18. The van der Waals surface area contributed by atoms with Crippen molar-refractivity contribution in [2.24, 2.45) is 7.05 Å². The van der Waals surface area contributed by atoms with E-state index in [4.69, 9.17) is 0 Å². The minimum absolute atomic E-state index is 0.176. The van der Waals surface area contributed by atoms with Gasteiger partial charge in [0, 0.05) is 32.4 Å². The van der Waals surface area contributed by atoms with Gasteiger partial charge in [0.2, 0.25) is 0 Å². The molecule has 1 aliphatic heterocycles. The highest BCUT2D eigenvalue weighted by atomic mass is 19.1. The molecule has 7 nitrogen and oxygen atoms in total. The topological polar surface area (TPSA) is 71.8 Å². The van der Waals surface area contributed by atoms with Crippen molar-refractivity contribution in [3.05, 3.63) is 36.7 Å². The first-order chi connectivity index (χ1) is 11.2. The molecule has 4 heterocycles. The summed E-state index contributed by atoms with van der Waals surface area (Å²) in [5, 5.41) is 8.52. The molecule has 1 aliphatic rings. The molecule has 8 heteroatoms. The van der Waals surface area contributed by atoms with Crippen LogP contribution in [0, 0.1) is 5.82 Å². The summed E-state index contributed by atoms with van der Waals surface area (Å²) < 4.78 is 15.6. The number of aromatic nitrogens is 5. The number of pyridine rings is 1. The largest absolute Gasteiger partial charge is 0.365 e. The van der Waals surface area contributed by atoms with E-state index in [-0.39, 0.29) is 11.9 Å². The number of halogens is 1. The molecule has 3 aromatic heterocycles. The first-order valence-electron chi connectivity index (χ1n) is 7.47. The molecule has 0 aromatic carbocycles. The lowest BCUT2D eigenvalue weighted by molar-refractivity contribution is 0.615. The Morgan fingerprint density at radius 2 is 2.22 bits per heavy atom. The second-order valence-corrected chi connectivity index (χ2v) is 5.61. The van der Waals surface area contributed by atoms with E-state index in [2.05, 4.69) is 25.4 Å². The summed E-state index contributed by atoms with van der Waals surface area (Å²) in [6.07, 6.45) is 5.78. The number of nitrogens with zero attached hydrogens (tertiary/aromatic N) is 6. The average Bonchev–Trinajstić information content (AvgIpc) is 3.16. The van der Waals surface area contributed by atoms with Gasteiger partial charge in [0.05, 0.1) is 11.6 Å². The highest BCUT2D eigenvalue weighted by molar-refractivity contribution is 5.86. The minimum atomic E-state index is -0.287. The van der Waals surface area contributed by atoms with Crippen molar-refractivity contribution >= 4 is 22.7 Å². The first-order valence-corrected chi connectivity index (χ1v) is 7.47. The van der Waals surface area contributed by atoms with Gasteiger partial charge >= 0.3 is 0 Å². The maximum atomic E-state index is 13.9. The van der Waals surface area contributed by atoms with E-state index in [1.165, 1.54) is 12.4 Å². The first kappa shape index (κ1) is 13.9. The highest BCUT2D eigenvalue weighted by Gasteiger charge is 2.26. The Morgan fingerprint density at radius 1 is 1.30 bits per heavy atom. The van der Waals surface area contributed by atoms with Crippen LogP contribution in [0.4, 0.5) is 16.0 Å². The molecular weight excluding hydrogens is 297 g/mol. The lowest BCUT2D eigenvalue weighted by atomic mass is 10.2. The standard InChI is InChI=1S/C15H16FN7/c1-22-14-11(7-20-22)13(18-9-19-14)21-10-4-6-23(8-10)15-12(16)3-2-5-17-15/h2-3,5,7,9-10H,4,6,8H2,1H3,(H,18,19,21). The van der Waals surface area contributed by atoms with Crippen molar-refractivity contribution in [3.63, 3.8) is 0 Å². The molecule has 0 radical (unpaired) electrons. The molecule has 1 saturated heterocycles. The van der Waals surface area contributed by atoms with Crippen LogP contribution < -0.4 is 10.2 Å². The van der Waals surface area contributed by atoms with Crippen LogP contribution >= 0.6 is 0 Å². The Bertz CT molecular complexity index is 847. The predicted molar refractivity (Wildman–Crippen MR) is 84.7 cm³/mol. The zero-order valence-electron chi connectivity index (χ0n) is 12.6. The van der Waals surface area contributed by atoms with Crippen molar-refractivity contribution in [2.45, 2.75) is 12.5 Å². The third-order valence-electron chi connectivity index (χ3n) is 4.10.